The minimum atomic E-state index is -4.70. The van der Waals surface area contributed by atoms with Gasteiger partial charge in [-0.05, 0) is 62.1 Å². The Balaban J connectivity index is 0.00000507. The zero-order chi connectivity index (χ0) is 27.8. The van der Waals surface area contributed by atoms with Crippen LogP contribution in [0.4, 0.5) is 22.0 Å². The molecule has 7 nitrogen and oxygen atoms in total. The van der Waals surface area contributed by atoms with Crippen molar-refractivity contribution in [1.82, 2.24) is 4.90 Å². The second-order valence-corrected chi connectivity index (χ2v) is 13.0. The highest BCUT2D eigenvalue weighted by molar-refractivity contribution is 7.92. The monoisotopic (exact) mass is 585 g/mol. The number of halogens is 5. The minimum absolute atomic E-state index is 0. The van der Waals surface area contributed by atoms with Crippen molar-refractivity contribution in [3.05, 3.63) is 53.6 Å². The summed E-state index contributed by atoms with van der Waals surface area (Å²) in [5.74, 6) is -1.59. The molecule has 14 heteroatoms. The number of alkyl halides is 5. The molecule has 1 aliphatic rings. The normalized spacial score (nSPS) is 16.2. The van der Waals surface area contributed by atoms with Crippen molar-refractivity contribution < 1.29 is 48.3 Å². The number of sulfone groups is 2. The molecular formula is C24H28F5NO6S2. The molecule has 1 atom stereocenters. The van der Waals surface area contributed by atoms with Crippen LogP contribution in [0.15, 0.2) is 52.3 Å². The number of carbonyl (C=O) groups is 1. The van der Waals surface area contributed by atoms with Gasteiger partial charge in [-0.1, -0.05) is 13.5 Å². The van der Waals surface area contributed by atoms with E-state index in [-0.39, 0.29) is 38.9 Å². The van der Waals surface area contributed by atoms with E-state index in [2.05, 4.69) is 4.74 Å². The Morgan fingerprint density at radius 3 is 2.16 bits per heavy atom. The maximum Gasteiger partial charge on any atom is 0.416 e. The summed E-state index contributed by atoms with van der Waals surface area (Å²) in [6.45, 7) is -1.67. The van der Waals surface area contributed by atoms with Gasteiger partial charge in [0.1, 0.15) is 5.75 Å². The van der Waals surface area contributed by atoms with Gasteiger partial charge in [0.25, 0.3) is 5.91 Å². The predicted octanol–water partition coefficient (Wildman–Crippen LogP) is 5.06. The number of rotatable bonds is 7. The summed E-state index contributed by atoms with van der Waals surface area (Å²) in [5.41, 5.74) is -1.32. The highest BCUT2D eigenvalue weighted by atomic mass is 32.2. The molecule has 0 radical (unpaired) electrons. The first kappa shape index (κ1) is 31.5. The molecule has 2 aromatic carbocycles. The summed E-state index contributed by atoms with van der Waals surface area (Å²) in [5, 5.41) is -1.04. The zero-order valence-corrected chi connectivity index (χ0v) is 21.3. The molecule has 1 fully saturated rings. The van der Waals surface area contributed by atoms with Gasteiger partial charge in [0.2, 0.25) is 0 Å². The lowest BCUT2D eigenvalue weighted by Crippen LogP contribution is -2.42. The minimum Gasteiger partial charge on any atom is -0.435 e. The van der Waals surface area contributed by atoms with Gasteiger partial charge < -0.3 is 9.64 Å². The number of ether oxygens (including phenoxy) is 1. The van der Waals surface area contributed by atoms with Gasteiger partial charge in [0.15, 0.2) is 19.7 Å². The Kier molecular flexibility index (Phi) is 9.58. The fourth-order valence-electron chi connectivity index (χ4n) is 4.22. The molecule has 38 heavy (non-hydrogen) atoms. The molecule has 1 heterocycles. The lowest BCUT2D eigenvalue weighted by Gasteiger charge is -2.35. The molecule has 0 unspecified atom stereocenters. The maximum atomic E-state index is 13.1. The van der Waals surface area contributed by atoms with E-state index in [4.69, 9.17) is 0 Å². The Hall–Kier alpha value is -2.74. The number of nitrogens with zero attached hydrogens (tertiary/aromatic N) is 1. The SMILES string of the molecule is C.C[C@@H](C1CCN(C(=O)c2ccc(OC(F)F)cc2S(C)(=O)=O)CC1)S(=O)(=O)c1cccc(C(F)(F)F)c1. The third kappa shape index (κ3) is 7.01. The van der Waals surface area contributed by atoms with E-state index < -0.39 is 70.6 Å². The molecule has 0 aliphatic carbocycles. The number of hydrogen-bond donors (Lipinski definition) is 0. The molecule has 0 N–H and O–H groups in total. The third-order valence-corrected chi connectivity index (χ3v) is 9.69. The van der Waals surface area contributed by atoms with Crippen LogP contribution in [0.1, 0.15) is 43.1 Å². The second kappa shape index (κ2) is 11.6. The summed E-state index contributed by atoms with van der Waals surface area (Å²) in [6, 6.07) is 6.47. The van der Waals surface area contributed by atoms with Crippen LogP contribution in [0.25, 0.3) is 0 Å². The van der Waals surface area contributed by atoms with Crippen molar-refractivity contribution in [2.24, 2.45) is 5.92 Å². The lowest BCUT2D eigenvalue weighted by atomic mass is 9.93. The molecule has 3 rings (SSSR count). The summed E-state index contributed by atoms with van der Waals surface area (Å²) >= 11 is 0. The van der Waals surface area contributed by atoms with Crippen molar-refractivity contribution >= 4 is 25.6 Å². The fourth-order valence-corrected chi connectivity index (χ4v) is 6.87. The highest BCUT2D eigenvalue weighted by Crippen LogP contribution is 2.34. The molecule has 1 amide bonds. The molecular weight excluding hydrogens is 557 g/mol. The van der Waals surface area contributed by atoms with Crippen molar-refractivity contribution in [1.29, 1.82) is 0 Å². The van der Waals surface area contributed by atoms with Gasteiger partial charge in [-0.25, -0.2) is 16.8 Å². The quantitative estimate of drug-likeness (QED) is 0.422. The summed E-state index contributed by atoms with van der Waals surface area (Å²) < 4.78 is 119. The number of benzene rings is 2. The Morgan fingerprint density at radius 2 is 1.63 bits per heavy atom. The molecule has 0 spiro atoms. The van der Waals surface area contributed by atoms with E-state index >= 15 is 0 Å². The topological polar surface area (TPSA) is 97.8 Å². The number of likely N-dealkylation sites (tertiary alicyclic amines) is 1. The maximum absolute atomic E-state index is 13.1. The van der Waals surface area contributed by atoms with Crippen molar-refractivity contribution in [2.45, 2.75) is 55.0 Å². The second-order valence-electron chi connectivity index (χ2n) is 8.71. The van der Waals surface area contributed by atoms with Crippen LogP contribution >= 0.6 is 0 Å². The van der Waals surface area contributed by atoms with Crippen molar-refractivity contribution in [3.63, 3.8) is 0 Å². The fraction of sp³-hybridized carbons (Fsp3) is 0.458. The Labute approximate surface area is 218 Å². The van der Waals surface area contributed by atoms with Gasteiger partial charge in [-0.2, -0.15) is 22.0 Å². The van der Waals surface area contributed by atoms with E-state index in [1.54, 1.807) is 0 Å². The molecule has 1 aliphatic heterocycles. The van der Waals surface area contributed by atoms with Crippen LogP contribution in [-0.4, -0.2) is 58.8 Å². The molecule has 0 saturated carbocycles. The number of hydrogen-bond acceptors (Lipinski definition) is 6. The first-order valence-electron chi connectivity index (χ1n) is 11.0. The standard InChI is InChI=1S/C23H24F5NO6S2.CH4/c1-14(37(33,34)18-5-3-4-16(12-18)23(26,27)28)15-8-10-29(11-9-15)21(30)19-7-6-17(35-22(24)25)13-20(19)36(2,31)32;/h3-7,12-15,22H,8-11H2,1-2H3;1H4/t14-;/m0./s1. The number of amides is 1. The first-order chi connectivity index (χ1) is 17.0. The van der Waals surface area contributed by atoms with E-state index in [0.29, 0.717) is 6.07 Å². The zero-order valence-electron chi connectivity index (χ0n) is 19.7. The Morgan fingerprint density at radius 1 is 1.03 bits per heavy atom. The summed E-state index contributed by atoms with van der Waals surface area (Å²) in [7, 11) is -8.11. The average molecular weight is 586 g/mol. The van der Waals surface area contributed by atoms with Crippen molar-refractivity contribution in [3.8, 4) is 5.75 Å². The van der Waals surface area contributed by atoms with Crippen LogP contribution in [0.3, 0.4) is 0 Å². The van der Waals surface area contributed by atoms with Crippen molar-refractivity contribution in [2.75, 3.05) is 19.3 Å². The van der Waals surface area contributed by atoms with Gasteiger partial charge in [0, 0.05) is 19.3 Å². The predicted molar refractivity (Wildman–Crippen MR) is 130 cm³/mol. The van der Waals surface area contributed by atoms with Crippen LogP contribution in [0.2, 0.25) is 0 Å². The van der Waals surface area contributed by atoms with Crippen LogP contribution in [0, 0.1) is 5.92 Å². The van der Waals surface area contributed by atoms with Crippen LogP contribution in [-0.2, 0) is 25.9 Å². The average Bonchev–Trinajstić information content (AvgIpc) is 2.82. The number of carbonyl (C=O) groups excluding carboxylic acids is 1. The molecule has 2 aromatic rings. The van der Waals surface area contributed by atoms with E-state index in [1.165, 1.54) is 11.8 Å². The largest absolute Gasteiger partial charge is 0.435 e. The molecule has 0 aromatic heterocycles. The van der Waals surface area contributed by atoms with Gasteiger partial charge in [0.05, 0.1) is 26.2 Å². The van der Waals surface area contributed by atoms with E-state index in [0.717, 1.165) is 42.7 Å². The first-order valence-corrected chi connectivity index (χ1v) is 14.4. The third-order valence-electron chi connectivity index (χ3n) is 6.28. The van der Waals surface area contributed by atoms with Gasteiger partial charge in [-0.3, -0.25) is 4.79 Å². The van der Waals surface area contributed by atoms with Crippen LogP contribution in [0.5, 0.6) is 5.75 Å². The van der Waals surface area contributed by atoms with E-state index in [9.17, 15) is 43.6 Å². The Bertz CT molecular complexity index is 1370. The smallest absolute Gasteiger partial charge is 0.416 e. The molecule has 0 bridgehead atoms. The lowest BCUT2D eigenvalue weighted by molar-refractivity contribution is -0.137. The number of piperidine rings is 1. The summed E-state index contributed by atoms with van der Waals surface area (Å²) in [4.78, 5) is 13.5. The highest BCUT2D eigenvalue weighted by Gasteiger charge is 2.37. The van der Waals surface area contributed by atoms with Crippen LogP contribution < -0.4 is 4.74 Å². The molecule has 1 saturated heterocycles. The molecule has 212 valence electrons. The van der Waals surface area contributed by atoms with E-state index in [1.807, 2.05) is 0 Å². The van der Waals surface area contributed by atoms with Gasteiger partial charge >= 0.3 is 12.8 Å². The summed E-state index contributed by atoms with van der Waals surface area (Å²) in [6.07, 6.45) is -3.48. The van der Waals surface area contributed by atoms with Gasteiger partial charge in [-0.15, -0.1) is 0 Å².